The predicted octanol–water partition coefficient (Wildman–Crippen LogP) is 1.44. The van der Waals surface area contributed by atoms with E-state index in [4.69, 9.17) is 0 Å². The summed E-state index contributed by atoms with van der Waals surface area (Å²) in [7, 11) is 2.63. The molecule has 1 aliphatic rings. The summed E-state index contributed by atoms with van der Waals surface area (Å²) in [5, 5.41) is 1.24. The van der Waals surface area contributed by atoms with Gasteiger partial charge in [0.2, 0.25) is 0 Å². The molecule has 0 N–H and O–H groups in total. The molecule has 0 heterocycles. The minimum atomic E-state index is -0.121. The van der Waals surface area contributed by atoms with E-state index in [-0.39, 0.29) is 11.6 Å². The molecule has 3 heteroatoms. The maximum Gasteiger partial charge on any atom is 0.178 e. The molecule has 1 aromatic rings. The monoisotopic (exact) mass is 218 g/mol. The summed E-state index contributed by atoms with van der Waals surface area (Å²) >= 11 is 0. The molecule has 0 saturated heterocycles. The second kappa shape index (κ2) is 6.05. The highest BCUT2D eigenvalue weighted by Gasteiger charge is 1.97. The Balaban J connectivity index is 0.000000151. The molecule has 1 unspecified atom stereocenters. The standard InChI is InChI=1S/C6H4O2.C6H7P/c7-5-1-2-6(8)4-3-5;7-6-4-2-1-3-5-6/h1-4H;1-5H,7H2. The molecule has 0 aliphatic heterocycles. The van der Waals surface area contributed by atoms with Crippen molar-refractivity contribution in [3.05, 3.63) is 54.6 Å². The van der Waals surface area contributed by atoms with Gasteiger partial charge in [0.1, 0.15) is 0 Å². The molecular formula is C12H11O2P. The van der Waals surface area contributed by atoms with E-state index in [1.807, 2.05) is 30.3 Å². The van der Waals surface area contributed by atoms with Crippen molar-refractivity contribution < 1.29 is 9.59 Å². The summed E-state index contributed by atoms with van der Waals surface area (Å²) in [6.45, 7) is 0. The van der Waals surface area contributed by atoms with Gasteiger partial charge in [0.15, 0.2) is 11.6 Å². The number of ketones is 2. The van der Waals surface area contributed by atoms with Crippen LogP contribution in [0.2, 0.25) is 0 Å². The van der Waals surface area contributed by atoms with Crippen molar-refractivity contribution >= 4 is 26.1 Å². The first-order chi connectivity index (χ1) is 7.18. The third-order valence-electron chi connectivity index (χ3n) is 1.62. The van der Waals surface area contributed by atoms with Crippen LogP contribution in [0.15, 0.2) is 54.6 Å². The number of carbonyl (C=O) groups excluding carboxylic acids is 2. The normalized spacial score (nSPS) is 13.4. The van der Waals surface area contributed by atoms with Gasteiger partial charge in [0, 0.05) is 0 Å². The maximum absolute atomic E-state index is 10.3. The fourth-order valence-electron chi connectivity index (χ4n) is 0.893. The van der Waals surface area contributed by atoms with Gasteiger partial charge in [-0.05, 0) is 29.6 Å². The fourth-order valence-corrected chi connectivity index (χ4v) is 1.11. The second-order valence-electron chi connectivity index (χ2n) is 2.88. The lowest BCUT2D eigenvalue weighted by atomic mass is 10.2. The molecule has 0 radical (unpaired) electrons. The van der Waals surface area contributed by atoms with Crippen LogP contribution in [0.1, 0.15) is 0 Å². The van der Waals surface area contributed by atoms with E-state index in [1.54, 1.807) is 0 Å². The summed E-state index contributed by atoms with van der Waals surface area (Å²) in [5.41, 5.74) is 0. The average Bonchev–Trinajstić information content (AvgIpc) is 2.25. The molecule has 2 rings (SSSR count). The topological polar surface area (TPSA) is 34.1 Å². The molecule has 0 saturated carbocycles. The number of benzene rings is 1. The van der Waals surface area contributed by atoms with E-state index >= 15 is 0 Å². The molecule has 15 heavy (non-hydrogen) atoms. The molecule has 0 aromatic heterocycles. The van der Waals surface area contributed by atoms with E-state index in [0.29, 0.717) is 0 Å². The van der Waals surface area contributed by atoms with Crippen LogP contribution in [0.25, 0.3) is 0 Å². The first-order valence-electron chi connectivity index (χ1n) is 4.43. The zero-order valence-electron chi connectivity index (χ0n) is 8.09. The van der Waals surface area contributed by atoms with E-state index < -0.39 is 0 Å². The first-order valence-corrected chi connectivity index (χ1v) is 5.01. The smallest absolute Gasteiger partial charge is 0.178 e. The highest BCUT2D eigenvalue weighted by molar-refractivity contribution is 7.27. The van der Waals surface area contributed by atoms with Gasteiger partial charge in [-0.2, -0.15) is 0 Å². The summed E-state index contributed by atoms with van der Waals surface area (Å²) in [6, 6.07) is 10.1. The molecule has 76 valence electrons. The van der Waals surface area contributed by atoms with Crippen molar-refractivity contribution in [2.45, 2.75) is 0 Å². The van der Waals surface area contributed by atoms with Crippen LogP contribution in [-0.2, 0) is 9.59 Å². The van der Waals surface area contributed by atoms with Gasteiger partial charge in [0.25, 0.3) is 0 Å². The predicted molar refractivity (Wildman–Crippen MR) is 64.1 cm³/mol. The van der Waals surface area contributed by atoms with Crippen LogP contribution >= 0.6 is 9.24 Å². The van der Waals surface area contributed by atoms with Crippen LogP contribution in [0.3, 0.4) is 0 Å². The molecule has 1 aromatic carbocycles. The minimum Gasteiger partial charge on any atom is -0.290 e. The molecule has 0 fully saturated rings. The van der Waals surface area contributed by atoms with Crippen LogP contribution in [0.4, 0.5) is 0 Å². The van der Waals surface area contributed by atoms with Crippen LogP contribution in [0, 0.1) is 0 Å². The van der Waals surface area contributed by atoms with Crippen LogP contribution < -0.4 is 5.30 Å². The Kier molecular flexibility index (Phi) is 4.65. The zero-order valence-corrected chi connectivity index (χ0v) is 9.24. The van der Waals surface area contributed by atoms with Crippen molar-refractivity contribution in [1.82, 2.24) is 0 Å². The summed E-state index contributed by atoms with van der Waals surface area (Å²) < 4.78 is 0. The van der Waals surface area contributed by atoms with Crippen molar-refractivity contribution in [3.8, 4) is 0 Å². The Morgan fingerprint density at radius 2 is 1.13 bits per heavy atom. The van der Waals surface area contributed by atoms with Crippen LogP contribution in [-0.4, -0.2) is 11.6 Å². The SMILES string of the molecule is O=C1C=CC(=O)C=C1.Pc1ccccc1. The summed E-state index contributed by atoms with van der Waals surface area (Å²) in [6.07, 6.45) is 5.01. The molecular weight excluding hydrogens is 207 g/mol. The van der Waals surface area contributed by atoms with E-state index in [9.17, 15) is 9.59 Å². The Labute approximate surface area is 90.9 Å². The van der Waals surface area contributed by atoms with E-state index in [2.05, 4.69) is 9.24 Å². The molecule has 0 spiro atoms. The van der Waals surface area contributed by atoms with Gasteiger partial charge in [-0.25, -0.2) is 0 Å². The third-order valence-corrected chi connectivity index (χ3v) is 2.01. The Bertz CT molecular complexity index is 367. The molecule has 0 bridgehead atoms. The highest BCUT2D eigenvalue weighted by atomic mass is 31.0. The highest BCUT2D eigenvalue weighted by Crippen LogP contribution is 1.90. The van der Waals surface area contributed by atoms with Crippen molar-refractivity contribution in [1.29, 1.82) is 0 Å². The average molecular weight is 218 g/mol. The molecule has 2 nitrogen and oxygen atoms in total. The first kappa shape index (κ1) is 11.5. The molecule has 1 atom stereocenters. The fraction of sp³-hybridized carbons (Fsp3) is 0. The second-order valence-corrected chi connectivity index (χ2v) is 3.55. The van der Waals surface area contributed by atoms with Gasteiger partial charge >= 0.3 is 0 Å². The molecule has 1 aliphatic carbocycles. The zero-order chi connectivity index (χ0) is 11.1. The van der Waals surface area contributed by atoms with Crippen molar-refractivity contribution in [2.75, 3.05) is 0 Å². The third kappa shape index (κ3) is 5.04. The van der Waals surface area contributed by atoms with Gasteiger partial charge in [0.05, 0.1) is 0 Å². The van der Waals surface area contributed by atoms with Crippen molar-refractivity contribution in [2.24, 2.45) is 0 Å². The summed E-state index contributed by atoms with van der Waals surface area (Å²) in [4.78, 5) is 20.6. The quantitative estimate of drug-likeness (QED) is 0.487. The minimum absolute atomic E-state index is 0.121. The number of rotatable bonds is 0. The lowest BCUT2D eigenvalue weighted by Crippen LogP contribution is -1.97. The number of hydrogen-bond donors (Lipinski definition) is 0. The van der Waals surface area contributed by atoms with Gasteiger partial charge in [-0.15, -0.1) is 9.24 Å². The summed E-state index contributed by atoms with van der Waals surface area (Å²) in [5.74, 6) is -0.241. The Morgan fingerprint density at radius 3 is 1.40 bits per heavy atom. The Hall–Kier alpha value is -1.53. The number of carbonyl (C=O) groups is 2. The lowest BCUT2D eigenvalue weighted by molar-refractivity contribution is -0.113. The Morgan fingerprint density at radius 1 is 0.733 bits per heavy atom. The van der Waals surface area contributed by atoms with E-state index in [1.165, 1.54) is 29.6 Å². The van der Waals surface area contributed by atoms with Crippen molar-refractivity contribution in [3.63, 3.8) is 0 Å². The molecule has 0 amide bonds. The number of hydrogen-bond acceptors (Lipinski definition) is 2. The van der Waals surface area contributed by atoms with Gasteiger partial charge in [-0.1, -0.05) is 30.3 Å². The number of allylic oxidation sites excluding steroid dienone is 4. The largest absolute Gasteiger partial charge is 0.290 e. The van der Waals surface area contributed by atoms with Crippen LogP contribution in [0.5, 0.6) is 0 Å². The van der Waals surface area contributed by atoms with Gasteiger partial charge in [-0.3, -0.25) is 9.59 Å². The van der Waals surface area contributed by atoms with Gasteiger partial charge < -0.3 is 0 Å². The maximum atomic E-state index is 10.3. The van der Waals surface area contributed by atoms with E-state index in [0.717, 1.165) is 0 Å². The lowest BCUT2D eigenvalue weighted by Gasteiger charge is -1.87.